The van der Waals surface area contributed by atoms with Crippen molar-refractivity contribution in [2.24, 2.45) is 0 Å². The molecule has 0 aliphatic carbocycles. The summed E-state index contributed by atoms with van der Waals surface area (Å²) in [7, 11) is 0. The highest BCUT2D eigenvalue weighted by Crippen LogP contribution is 2.25. The van der Waals surface area contributed by atoms with Gasteiger partial charge in [-0.15, -0.1) is 0 Å². The minimum atomic E-state index is -0.402. The first kappa shape index (κ1) is 19.9. The molecule has 0 bridgehead atoms. The SMILES string of the molecule is C[C@H](CCc1ccccc1[N+](=O)[O-])N[C@@H]1CCCN(c2ccccc2F)C1=O. The van der Waals surface area contributed by atoms with E-state index in [4.69, 9.17) is 0 Å². The van der Waals surface area contributed by atoms with Crippen molar-refractivity contribution in [3.05, 3.63) is 70.0 Å². The van der Waals surface area contributed by atoms with Gasteiger partial charge in [-0.1, -0.05) is 30.3 Å². The van der Waals surface area contributed by atoms with Gasteiger partial charge < -0.3 is 10.2 Å². The molecule has 6 nitrogen and oxygen atoms in total. The van der Waals surface area contributed by atoms with E-state index < -0.39 is 5.82 Å². The van der Waals surface area contributed by atoms with Crippen LogP contribution in [0.3, 0.4) is 0 Å². The molecule has 1 N–H and O–H groups in total. The predicted molar refractivity (Wildman–Crippen MR) is 106 cm³/mol. The summed E-state index contributed by atoms with van der Waals surface area (Å²) in [6.07, 6.45) is 2.69. The molecule has 1 aliphatic heterocycles. The van der Waals surface area contributed by atoms with E-state index in [1.165, 1.54) is 17.0 Å². The normalized spacial score (nSPS) is 18.1. The third-order valence-electron chi connectivity index (χ3n) is 5.10. The van der Waals surface area contributed by atoms with Gasteiger partial charge in [-0.25, -0.2) is 4.39 Å². The highest BCUT2D eigenvalue weighted by atomic mass is 19.1. The Morgan fingerprint density at radius 1 is 1.25 bits per heavy atom. The van der Waals surface area contributed by atoms with E-state index >= 15 is 0 Å². The van der Waals surface area contributed by atoms with Crippen LogP contribution in [0.15, 0.2) is 48.5 Å². The monoisotopic (exact) mass is 385 g/mol. The smallest absolute Gasteiger partial charge is 0.272 e. The van der Waals surface area contributed by atoms with Crippen LogP contribution in [0, 0.1) is 15.9 Å². The fourth-order valence-electron chi connectivity index (χ4n) is 3.64. The van der Waals surface area contributed by atoms with Crippen molar-refractivity contribution in [2.75, 3.05) is 11.4 Å². The molecule has 0 spiro atoms. The highest BCUT2D eigenvalue weighted by Gasteiger charge is 2.31. The summed E-state index contributed by atoms with van der Waals surface area (Å²) >= 11 is 0. The van der Waals surface area contributed by atoms with E-state index in [0.29, 0.717) is 37.1 Å². The first-order valence-corrected chi connectivity index (χ1v) is 9.51. The molecule has 7 heteroatoms. The van der Waals surface area contributed by atoms with Crippen molar-refractivity contribution in [3.63, 3.8) is 0 Å². The molecule has 3 rings (SSSR count). The standard InChI is InChI=1S/C21H24FN3O3/c1-15(12-13-16-7-2-4-10-19(16)25(27)28)23-18-9-6-14-24(21(18)26)20-11-5-3-8-17(20)22/h2-5,7-8,10-11,15,18,23H,6,9,12-14H2,1H3/t15-,18-/m1/s1. The fraction of sp³-hybridized carbons (Fsp3) is 0.381. The molecule has 2 aromatic rings. The molecule has 1 heterocycles. The lowest BCUT2D eigenvalue weighted by Gasteiger charge is -2.34. The Kier molecular flexibility index (Phi) is 6.36. The number of para-hydroxylation sites is 2. The van der Waals surface area contributed by atoms with Gasteiger partial charge in [0.15, 0.2) is 0 Å². The van der Waals surface area contributed by atoms with Crippen LogP contribution in [0.2, 0.25) is 0 Å². The van der Waals surface area contributed by atoms with E-state index in [-0.39, 0.29) is 28.6 Å². The lowest BCUT2D eigenvalue weighted by molar-refractivity contribution is -0.385. The van der Waals surface area contributed by atoms with Crippen LogP contribution in [-0.2, 0) is 11.2 Å². The number of carbonyl (C=O) groups excluding carboxylic acids is 1. The number of carbonyl (C=O) groups is 1. The molecular formula is C21H24FN3O3. The van der Waals surface area contributed by atoms with Gasteiger partial charge in [-0.3, -0.25) is 14.9 Å². The second kappa shape index (κ2) is 8.93. The molecule has 2 atom stereocenters. The lowest BCUT2D eigenvalue weighted by Crippen LogP contribution is -2.53. The van der Waals surface area contributed by atoms with E-state index in [9.17, 15) is 19.3 Å². The van der Waals surface area contributed by atoms with Crippen LogP contribution in [0.1, 0.15) is 31.7 Å². The van der Waals surface area contributed by atoms with Crippen LogP contribution in [-0.4, -0.2) is 29.5 Å². The van der Waals surface area contributed by atoms with Gasteiger partial charge in [0.1, 0.15) is 5.82 Å². The molecule has 1 amide bonds. The number of amides is 1. The van der Waals surface area contributed by atoms with Crippen LogP contribution < -0.4 is 10.2 Å². The molecular weight excluding hydrogens is 361 g/mol. The minimum Gasteiger partial charge on any atom is -0.308 e. The summed E-state index contributed by atoms with van der Waals surface area (Å²) < 4.78 is 14.1. The van der Waals surface area contributed by atoms with Crippen LogP contribution in [0.5, 0.6) is 0 Å². The molecule has 2 aromatic carbocycles. The van der Waals surface area contributed by atoms with Gasteiger partial charge in [0.05, 0.1) is 16.7 Å². The minimum absolute atomic E-state index is 0.00525. The van der Waals surface area contributed by atoms with Crippen LogP contribution in [0.4, 0.5) is 15.8 Å². The number of nitro groups is 1. The summed E-state index contributed by atoms with van der Waals surface area (Å²) in [5.74, 6) is -0.533. The molecule has 1 fully saturated rings. The zero-order valence-corrected chi connectivity index (χ0v) is 15.8. The Morgan fingerprint density at radius 3 is 2.71 bits per heavy atom. The molecule has 148 valence electrons. The number of hydrogen-bond donors (Lipinski definition) is 1. The van der Waals surface area contributed by atoms with Gasteiger partial charge in [0.25, 0.3) is 5.69 Å². The average molecular weight is 385 g/mol. The largest absolute Gasteiger partial charge is 0.308 e. The summed E-state index contributed by atoms with van der Waals surface area (Å²) in [5, 5.41) is 14.5. The number of nitro benzene ring substituents is 1. The maximum absolute atomic E-state index is 14.1. The van der Waals surface area contributed by atoms with Gasteiger partial charge in [0, 0.05) is 24.2 Å². The van der Waals surface area contributed by atoms with Gasteiger partial charge in [0.2, 0.25) is 5.91 Å². The number of aryl methyl sites for hydroxylation is 1. The molecule has 0 unspecified atom stereocenters. The highest BCUT2D eigenvalue weighted by molar-refractivity contribution is 5.98. The number of nitrogens with one attached hydrogen (secondary N) is 1. The molecule has 0 aromatic heterocycles. The average Bonchev–Trinajstić information content (AvgIpc) is 2.69. The predicted octanol–water partition coefficient (Wildman–Crippen LogP) is 3.84. The Morgan fingerprint density at radius 2 is 1.96 bits per heavy atom. The van der Waals surface area contributed by atoms with E-state index in [1.54, 1.807) is 36.4 Å². The lowest BCUT2D eigenvalue weighted by atomic mass is 10.00. The molecule has 28 heavy (non-hydrogen) atoms. The first-order chi connectivity index (χ1) is 13.5. The van der Waals surface area contributed by atoms with E-state index in [0.717, 1.165) is 6.42 Å². The second-order valence-electron chi connectivity index (χ2n) is 7.13. The van der Waals surface area contributed by atoms with Crippen molar-refractivity contribution in [1.82, 2.24) is 5.32 Å². The molecule has 1 saturated heterocycles. The van der Waals surface area contributed by atoms with Crippen LogP contribution >= 0.6 is 0 Å². The van der Waals surface area contributed by atoms with E-state index in [1.807, 2.05) is 6.92 Å². The Hall–Kier alpha value is -2.80. The summed E-state index contributed by atoms with van der Waals surface area (Å²) in [6.45, 7) is 2.46. The van der Waals surface area contributed by atoms with Crippen molar-refractivity contribution < 1.29 is 14.1 Å². The quantitative estimate of drug-likeness (QED) is 0.580. The Bertz CT molecular complexity index is 858. The first-order valence-electron chi connectivity index (χ1n) is 9.51. The van der Waals surface area contributed by atoms with Crippen molar-refractivity contribution in [1.29, 1.82) is 0 Å². The van der Waals surface area contributed by atoms with Crippen molar-refractivity contribution >= 4 is 17.3 Å². The fourth-order valence-corrected chi connectivity index (χ4v) is 3.64. The third kappa shape index (κ3) is 4.54. The number of piperidine rings is 1. The number of anilines is 1. The van der Waals surface area contributed by atoms with E-state index in [2.05, 4.69) is 5.32 Å². The van der Waals surface area contributed by atoms with Crippen LogP contribution in [0.25, 0.3) is 0 Å². The Balaban J connectivity index is 1.61. The Labute approximate surface area is 163 Å². The maximum atomic E-state index is 14.1. The number of nitrogens with zero attached hydrogens (tertiary/aromatic N) is 2. The summed E-state index contributed by atoms with van der Waals surface area (Å²) in [5.41, 5.74) is 1.12. The zero-order valence-electron chi connectivity index (χ0n) is 15.8. The van der Waals surface area contributed by atoms with Crippen molar-refractivity contribution in [3.8, 4) is 0 Å². The summed E-state index contributed by atoms with van der Waals surface area (Å²) in [6, 6.07) is 12.6. The number of rotatable bonds is 7. The zero-order chi connectivity index (χ0) is 20.1. The topological polar surface area (TPSA) is 75.5 Å². The number of hydrogen-bond acceptors (Lipinski definition) is 4. The third-order valence-corrected chi connectivity index (χ3v) is 5.10. The van der Waals surface area contributed by atoms with Gasteiger partial charge in [-0.2, -0.15) is 0 Å². The molecule has 0 saturated carbocycles. The number of benzene rings is 2. The molecule has 1 aliphatic rings. The number of halogens is 1. The second-order valence-corrected chi connectivity index (χ2v) is 7.13. The summed E-state index contributed by atoms with van der Waals surface area (Å²) in [4.78, 5) is 25.1. The van der Waals surface area contributed by atoms with Gasteiger partial charge in [-0.05, 0) is 44.7 Å². The molecule has 0 radical (unpaired) electrons. The van der Waals surface area contributed by atoms with Gasteiger partial charge >= 0.3 is 0 Å². The maximum Gasteiger partial charge on any atom is 0.272 e. The van der Waals surface area contributed by atoms with Crippen molar-refractivity contribution in [2.45, 2.75) is 44.7 Å².